The monoisotopic (exact) mass is 855 g/mol. The molecule has 60 heavy (non-hydrogen) atoms. The molecule has 0 aliphatic carbocycles. The van der Waals surface area contributed by atoms with Gasteiger partial charge in [-0.05, 0) is 55.0 Å². The molecule has 2 aromatic rings. The molecule has 0 aliphatic heterocycles. The van der Waals surface area contributed by atoms with Crippen LogP contribution in [-0.4, -0.2) is 122 Å². The molecule has 0 heterocycles. The summed E-state index contributed by atoms with van der Waals surface area (Å²) >= 11 is 0. The van der Waals surface area contributed by atoms with Gasteiger partial charge in [-0.3, -0.25) is 24.0 Å². The zero-order valence-electron chi connectivity index (χ0n) is 32.7. The Morgan fingerprint density at radius 1 is 0.750 bits per heavy atom. The van der Waals surface area contributed by atoms with Crippen molar-refractivity contribution < 1.29 is 72.3 Å². The van der Waals surface area contributed by atoms with E-state index < -0.39 is 103 Å². The summed E-state index contributed by atoms with van der Waals surface area (Å²) in [6.45, 7) is 5.09. The lowest BCUT2D eigenvalue weighted by Gasteiger charge is -2.28. The van der Waals surface area contributed by atoms with Gasteiger partial charge in [-0.2, -0.15) is 13.2 Å². The fourth-order valence-electron chi connectivity index (χ4n) is 4.95. The Morgan fingerprint density at radius 2 is 1.23 bits per heavy atom. The lowest BCUT2D eigenvalue weighted by Crippen LogP contribution is -2.60. The van der Waals surface area contributed by atoms with Crippen LogP contribution in [0.25, 0.3) is 10.4 Å². The van der Waals surface area contributed by atoms with E-state index in [0.29, 0.717) is 17.5 Å². The standard InChI is InChI=1S/C34H47N9O10.C2HF3O2/c1-5-17(2)27(33(51)41-29(19(4)45)34(52)53)39-31(49)25(15-21-6-10-22(11-7-21)42-43-36)38-26(47)16-37-32(50)28(18(3)44)40-30(48)24(35)14-20-8-12-23(46)13-9-20;3-2(4,5)1(6)7/h6-13,17-19,24-25,27-29,44-46H,5,14-16,35H2,1-4H3,(H,37,50)(H,38,47)(H,39,49)(H,40,48)(H,41,51)(H,52,53);(H,6,7)/t17?,18-,19+,24-,25-,27-,28+,29-;/m0./s1. The van der Waals surface area contributed by atoms with Crippen LogP contribution in [-0.2, 0) is 46.4 Å². The lowest BCUT2D eigenvalue weighted by molar-refractivity contribution is -0.192. The smallest absolute Gasteiger partial charge is 0.490 e. The largest absolute Gasteiger partial charge is 0.508 e. The highest BCUT2D eigenvalue weighted by atomic mass is 19.4. The minimum absolute atomic E-state index is 0.0248. The zero-order chi connectivity index (χ0) is 45.9. The van der Waals surface area contributed by atoms with Gasteiger partial charge in [-0.25, -0.2) is 9.59 Å². The second kappa shape index (κ2) is 24.4. The number of halogens is 3. The fraction of sp³-hybridized carbons (Fsp3) is 0.472. The van der Waals surface area contributed by atoms with E-state index >= 15 is 0 Å². The van der Waals surface area contributed by atoms with Gasteiger partial charge < -0.3 is 57.9 Å². The average molecular weight is 856 g/mol. The summed E-state index contributed by atoms with van der Waals surface area (Å²) < 4.78 is 31.7. The van der Waals surface area contributed by atoms with Gasteiger partial charge in [-0.15, -0.1) is 0 Å². The zero-order valence-corrected chi connectivity index (χ0v) is 32.7. The molecular weight excluding hydrogens is 807 g/mol. The summed E-state index contributed by atoms with van der Waals surface area (Å²) in [7, 11) is 0. The average Bonchev–Trinajstić information content (AvgIpc) is 3.17. The quantitative estimate of drug-likeness (QED) is 0.0476. The molecule has 330 valence electrons. The third-order valence-corrected chi connectivity index (χ3v) is 8.48. The van der Waals surface area contributed by atoms with Crippen LogP contribution in [0.3, 0.4) is 0 Å². The highest BCUT2D eigenvalue weighted by molar-refractivity contribution is 5.95. The van der Waals surface area contributed by atoms with Crippen molar-refractivity contribution in [1.82, 2.24) is 26.6 Å². The number of phenolic OH excluding ortho intramolecular Hbond substituents is 1. The van der Waals surface area contributed by atoms with E-state index in [0.717, 1.165) is 0 Å². The molecule has 0 fully saturated rings. The number of aliphatic hydroxyl groups excluding tert-OH is 2. The van der Waals surface area contributed by atoms with Gasteiger partial charge in [0.25, 0.3) is 0 Å². The van der Waals surface area contributed by atoms with Gasteiger partial charge in [-0.1, -0.05) is 61.8 Å². The lowest BCUT2D eigenvalue weighted by atomic mass is 9.96. The molecule has 0 aliphatic rings. The Morgan fingerprint density at radius 3 is 1.70 bits per heavy atom. The number of hydrogen-bond acceptors (Lipinski definition) is 12. The van der Waals surface area contributed by atoms with Crippen molar-refractivity contribution in [2.75, 3.05) is 6.54 Å². The number of amides is 5. The van der Waals surface area contributed by atoms with Crippen molar-refractivity contribution in [3.05, 3.63) is 70.1 Å². The molecule has 24 heteroatoms. The first-order chi connectivity index (χ1) is 27.9. The molecule has 0 saturated carbocycles. The first-order valence-electron chi connectivity index (χ1n) is 18.0. The number of azide groups is 1. The molecule has 0 aromatic heterocycles. The number of nitrogens with zero attached hydrogens (tertiary/aromatic N) is 3. The van der Waals surface area contributed by atoms with Crippen molar-refractivity contribution >= 4 is 47.2 Å². The maximum absolute atomic E-state index is 13.7. The molecular formula is C36H48F3N9O12. The predicted octanol–water partition coefficient (Wildman–Crippen LogP) is 0.0275. The Labute approximate surface area is 340 Å². The Bertz CT molecular complexity index is 1840. The molecule has 0 spiro atoms. The van der Waals surface area contributed by atoms with Gasteiger partial charge in [0, 0.05) is 17.0 Å². The van der Waals surface area contributed by atoms with E-state index in [-0.39, 0.29) is 24.3 Å². The van der Waals surface area contributed by atoms with E-state index in [1.807, 2.05) is 0 Å². The molecule has 12 N–H and O–H groups in total. The van der Waals surface area contributed by atoms with Gasteiger partial charge in [0.15, 0.2) is 6.04 Å². The number of alkyl halides is 3. The van der Waals surface area contributed by atoms with Crippen molar-refractivity contribution in [3.8, 4) is 5.75 Å². The van der Waals surface area contributed by atoms with Crippen LogP contribution in [0.4, 0.5) is 18.9 Å². The number of benzene rings is 2. The number of nitrogens with one attached hydrogen (secondary N) is 5. The van der Waals surface area contributed by atoms with Gasteiger partial charge in [0.2, 0.25) is 29.5 Å². The maximum atomic E-state index is 13.7. The third kappa shape index (κ3) is 18.0. The number of phenols is 1. The van der Waals surface area contributed by atoms with Crippen LogP contribution >= 0.6 is 0 Å². The number of aliphatic hydroxyl groups is 2. The summed E-state index contributed by atoms with van der Waals surface area (Å²) in [4.78, 5) is 88.9. The SMILES string of the molecule is CCC(C)[C@H](NC(=O)[C@H](Cc1ccc(N=[N+]=[N-])cc1)NC(=O)CNC(=O)[C@H](NC(=O)[C@@H](N)Cc1ccc(O)cc1)[C@H](C)O)C(=O)N[C@H](C(=O)O)[C@@H](C)O.O=C(O)C(F)(F)F. The molecule has 21 nitrogen and oxygen atoms in total. The second-order valence-electron chi connectivity index (χ2n) is 13.3. The third-order valence-electron chi connectivity index (χ3n) is 8.48. The summed E-state index contributed by atoms with van der Waals surface area (Å²) in [5, 5.41) is 61.5. The molecule has 0 bridgehead atoms. The first-order valence-corrected chi connectivity index (χ1v) is 18.0. The first kappa shape index (κ1) is 51.5. The Hall–Kier alpha value is -6.49. The van der Waals surface area contributed by atoms with E-state index in [4.69, 9.17) is 21.2 Å². The number of aromatic hydroxyl groups is 1. The van der Waals surface area contributed by atoms with Crippen molar-refractivity contribution in [2.45, 2.75) is 95.6 Å². The predicted molar refractivity (Wildman–Crippen MR) is 204 cm³/mol. The summed E-state index contributed by atoms with van der Waals surface area (Å²) in [6.07, 6.45) is -7.66. The van der Waals surface area contributed by atoms with Gasteiger partial charge in [0.1, 0.15) is 23.9 Å². The molecule has 2 rings (SSSR count). The van der Waals surface area contributed by atoms with E-state index in [2.05, 4.69) is 36.6 Å². The number of hydrogen-bond donors (Lipinski definition) is 11. The molecule has 1 unspecified atom stereocenters. The van der Waals surface area contributed by atoms with Crippen molar-refractivity contribution in [1.29, 1.82) is 0 Å². The number of carbonyl (C=O) groups is 7. The number of carbonyl (C=O) groups excluding carboxylic acids is 5. The maximum Gasteiger partial charge on any atom is 0.490 e. The number of carboxylic acid groups (broad SMARTS) is 2. The fourth-order valence-corrected chi connectivity index (χ4v) is 4.95. The minimum atomic E-state index is -5.08. The van der Waals surface area contributed by atoms with E-state index in [1.165, 1.54) is 38.1 Å². The number of nitrogens with two attached hydrogens (primary N) is 1. The summed E-state index contributed by atoms with van der Waals surface area (Å²) in [5.74, 6) is -9.05. The van der Waals surface area contributed by atoms with Crippen molar-refractivity contribution in [2.24, 2.45) is 16.8 Å². The molecule has 5 amide bonds. The highest BCUT2D eigenvalue weighted by Gasteiger charge is 2.38. The Balaban J connectivity index is 0.00000235. The van der Waals surface area contributed by atoms with Crippen LogP contribution in [0.15, 0.2) is 53.6 Å². The van der Waals surface area contributed by atoms with Crippen LogP contribution in [0.2, 0.25) is 0 Å². The number of carboxylic acids is 2. The molecule has 0 saturated heterocycles. The summed E-state index contributed by atoms with van der Waals surface area (Å²) in [5.41, 5.74) is 16.1. The van der Waals surface area contributed by atoms with Gasteiger partial charge >= 0.3 is 18.1 Å². The van der Waals surface area contributed by atoms with Crippen LogP contribution < -0.4 is 32.3 Å². The van der Waals surface area contributed by atoms with Crippen LogP contribution in [0.5, 0.6) is 5.75 Å². The normalized spacial score (nSPS) is 14.9. The van der Waals surface area contributed by atoms with E-state index in [9.17, 15) is 62.4 Å². The molecule has 2 aromatic carbocycles. The number of rotatable bonds is 20. The van der Waals surface area contributed by atoms with Crippen LogP contribution in [0, 0.1) is 5.92 Å². The molecule has 0 radical (unpaired) electrons. The van der Waals surface area contributed by atoms with E-state index in [1.54, 1.807) is 38.1 Å². The number of aliphatic carboxylic acids is 2. The van der Waals surface area contributed by atoms with Crippen LogP contribution in [0.1, 0.15) is 45.2 Å². The molecule has 8 atom stereocenters. The summed E-state index contributed by atoms with van der Waals surface area (Å²) in [6, 6.07) is 5.07. The Kier molecular flexibility index (Phi) is 21.0. The van der Waals surface area contributed by atoms with Crippen molar-refractivity contribution in [3.63, 3.8) is 0 Å². The second-order valence-corrected chi connectivity index (χ2v) is 13.3. The topological polar surface area (TPSA) is 356 Å². The van der Waals surface area contributed by atoms with Gasteiger partial charge in [0.05, 0.1) is 24.8 Å². The minimum Gasteiger partial charge on any atom is -0.508 e. The highest BCUT2D eigenvalue weighted by Crippen LogP contribution is 2.16.